The first-order chi connectivity index (χ1) is 15.0. The van der Waals surface area contributed by atoms with Gasteiger partial charge in [-0.05, 0) is 48.6 Å². The van der Waals surface area contributed by atoms with E-state index in [1.807, 2.05) is 42.5 Å². The van der Waals surface area contributed by atoms with Gasteiger partial charge in [0.1, 0.15) is 5.00 Å². The van der Waals surface area contributed by atoms with Gasteiger partial charge in [-0.15, -0.1) is 11.3 Å². The van der Waals surface area contributed by atoms with Gasteiger partial charge in [0.25, 0.3) is 5.91 Å². The largest absolute Gasteiger partial charge is 0.481 e. The average Bonchev–Trinajstić information content (AvgIpc) is 3.52. The van der Waals surface area contributed by atoms with Crippen LogP contribution in [0.25, 0.3) is 0 Å². The molecule has 0 aliphatic heterocycles. The van der Waals surface area contributed by atoms with Crippen molar-refractivity contribution in [3.05, 3.63) is 64.1 Å². The van der Waals surface area contributed by atoms with Gasteiger partial charge in [-0.3, -0.25) is 14.4 Å². The van der Waals surface area contributed by atoms with E-state index in [0.29, 0.717) is 23.5 Å². The summed E-state index contributed by atoms with van der Waals surface area (Å²) < 4.78 is 0. The molecule has 3 aliphatic carbocycles. The molecule has 2 bridgehead atoms. The number of anilines is 1. The number of aryl methyl sites for hydroxylation is 1. The summed E-state index contributed by atoms with van der Waals surface area (Å²) in [5.74, 6) is -2.83. The summed E-state index contributed by atoms with van der Waals surface area (Å²) in [7, 11) is 0. The number of amides is 2. The highest BCUT2D eigenvalue weighted by Crippen LogP contribution is 2.49. The van der Waals surface area contributed by atoms with E-state index in [-0.39, 0.29) is 23.7 Å². The number of nitrogens with one attached hydrogen (secondary N) is 2. The number of fused-ring (bicyclic) bond motifs is 3. The Balaban J connectivity index is 1.37. The van der Waals surface area contributed by atoms with Crippen LogP contribution >= 0.6 is 11.3 Å². The molecular weight excluding hydrogens is 412 g/mol. The molecule has 1 aromatic carbocycles. The van der Waals surface area contributed by atoms with E-state index in [2.05, 4.69) is 10.6 Å². The summed E-state index contributed by atoms with van der Waals surface area (Å²) in [6, 6.07) is 9.70. The molecule has 0 spiro atoms. The van der Waals surface area contributed by atoms with Gasteiger partial charge in [-0.2, -0.15) is 0 Å². The second-order valence-electron chi connectivity index (χ2n) is 8.56. The van der Waals surface area contributed by atoms with E-state index in [1.165, 1.54) is 11.3 Å². The number of carbonyl (C=O) groups excluding carboxylic acids is 2. The molecule has 5 rings (SSSR count). The monoisotopic (exact) mass is 436 g/mol. The summed E-state index contributed by atoms with van der Waals surface area (Å²) in [5.41, 5.74) is 2.58. The number of allylic oxidation sites excluding steroid dienone is 2. The summed E-state index contributed by atoms with van der Waals surface area (Å²) in [6.45, 7) is 0.413. The SMILES string of the molecule is O=C(NCc1ccccc1)c1c(NC(=O)[C@H]2[C@H](C(=O)O)[C@H]3C=C[C@H]2C3)sc2c1CCC2. The molecular formula is C24H24N2O4S. The number of thiophene rings is 1. The molecule has 1 fully saturated rings. The Kier molecular flexibility index (Phi) is 5.14. The first-order valence-electron chi connectivity index (χ1n) is 10.7. The lowest BCUT2D eigenvalue weighted by Crippen LogP contribution is -2.36. The van der Waals surface area contributed by atoms with Crippen LogP contribution < -0.4 is 10.6 Å². The van der Waals surface area contributed by atoms with Crippen LogP contribution in [0.2, 0.25) is 0 Å². The Morgan fingerprint density at radius 2 is 1.77 bits per heavy atom. The molecule has 3 aliphatic rings. The average molecular weight is 437 g/mol. The molecule has 6 nitrogen and oxygen atoms in total. The Morgan fingerprint density at radius 3 is 2.52 bits per heavy atom. The van der Waals surface area contributed by atoms with E-state index >= 15 is 0 Å². The van der Waals surface area contributed by atoms with Gasteiger partial charge in [0.15, 0.2) is 0 Å². The molecule has 2 amide bonds. The normalized spacial score (nSPS) is 25.4. The smallest absolute Gasteiger partial charge is 0.307 e. The Labute approximate surface area is 184 Å². The summed E-state index contributed by atoms with van der Waals surface area (Å²) in [5, 5.41) is 16.1. The van der Waals surface area contributed by atoms with Crippen molar-refractivity contribution < 1.29 is 19.5 Å². The first-order valence-corrected chi connectivity index (χ1v) is 11.5. The summed E-state index contributed by atoms with van der Waals surface area (Å²) >= 11 is 1.46. The minimum atomic E-state index is -0.925. The van der Waals surface area contributed by atoms with Crippen LogP contribution in [0.5, 0.6) is 0 Å². The van der Waals surface area contributed by atoms with Crippen LogP contribution in [-0.2, 0) is 29.0 Å². The van der Waals surface area contributed by atoms with Crippen LogP contribution in [0.3, 0.4) is 0 Å². The zero-order chi connectivity index (χ0) is 21.5. The minimum absolute atomic E-state index is 0.0479. The van der Waals surface area contributed by atoms with Crippen molar-refractivity contribution in [3.63, 3.8) is 0 Å². The quantitative estimate of drug-likeness (QED) is 0.603. The molecule has 1 aromatic heterocycles. The van der Waals surface area contributed by atoms with Gasteiger partial charge in [-0.25, -0.2) is 0 Å². The standard InChI is InChI=1S/C24H24N2O4S/c27-21(25-12-13-5-2-1-3-6-13)20-16-7-4-8-17(16)31-23(20)26-22(28)18-14-9-10-15(11-14)19(18)24(29)30/h1-3,5-6,9-10,14-15,18-19H,4,7-8,11-12H2,(H,25,27)(H,26,28)(H,29,30)/t14-,15-,18+,19+/m0/s1. The molecule has 160 valence electrons. The van der Waals surface area contributed by atoms with Crippen LogP contribution in [-0.4, -0.2) is 22.9 Å². The number of carbonyl (C=O) groups is 3. The number of benzene rings is 1. The van der Waals surface area contributed by atoms with Gasteiger partial charge < -0.3 is 15.7 Å². The van der Waals surface area contributed by atoms with Gasteiger partial charge in [0.2, 0.25) is 5.91 Å². The lowest BCUT2D eigenvalue weighted by atomic mass is 9.82. The fourth-order valence-corrected chi connectivity index (χ4v) is 6.60. The second-order valence-corrected chi connectivity index (χ2v) is 9.66. The number of carboxylic acid groups (broad SMARTS) is 1. The number of carboxylic acids is 1. The highest BCUT2D eigenvalue weighted by Gasteiger charge is 2.51. The highest BCUT2D eigenvalue weighted by atomic mass is 32.1. The van der Waals surface area contributed by atoms with Crippen molar-refractivity contribution in [2.45, 2.75) is 32.2 Å². The fourth-order valence-electron chi connectivity index (χ4n) is 5.31. The Hall–Kier alpha value is -2.93. The van der Waals surface area contributed by atoms with E-state index in [9.17, 15) is 19.5 Å². The van der Waals surface area contributed by atoms with E-state index < -0.39 is 17.8 Å². The molecule has 7 heteroatoms. The molecule has 3 N–H and O–H groups in total. The predicted octanol–water partition coefficient (Wildman–Crippen LogP) is 3.63. The third-order valence-electron chi connectivity index (χ3n) is 6.73. The van der Waals surface area contributed by atoms with Crippen molar-refractivity contribution in [1.29, 1.82) is 0 Å². The highest BCUT2D eigenvalue weighted by molar-refractivity contribution is 7.17. The maximum atomic E-state index is 13.2. The summed E-state index contributed by atoms with van der Waals surface area (Å²) in [4.78, 5) is 39.2. The Morgan fingerprint density at radius 1 is 1.03 bits per heavy atom. The molecule has 0 saturated heterocycles. The predicted molar refractivity (Wildman–Crippen MR) is 118 cm³/mol. The second kappa shape index (κ2) is 7.96. The molecule has 1 heterocycles. The Bertz CT molecular complexity index is 1070. The van der Waals surface area contributed by atoms with Crippen molar-refractivity contribution in [2.75, 3.05) is 5.32 Å². The zero-order valence-electron chi connectivity index (χ0n) is 17.0. The number of hydrogen-bond acceptors (Lipinski definition) is 4. The molecule has 1 saturated carbocycles. The van der Waals surface area contributed by atoms with E-state index in [0.717, 1.165) is 35.3 Å². The van der Waals surface area contributed by atoms with Crippen molar-refractivity contribution in [1.82, 2.24) is 5.32 Å². The third kappa shape index (κ3) is 3.57. The lowest BCUT2D eigenvalue weighted by Gasteiger charge is -2.23. The van der Waals surface area contributed by atoms with Crippen molar-refractivity contribution >= 4 is 34.1 Å². The van der Waals surface area contributed by atoms with E-state index in [1.54, 1.807) is 0 Å². The maximum Gasteiger partial charge on any atom is 0.307 e. The third-order valence-corrected chi connectivity index (χ3v) is 7.94. The van der Waals surface area contributed by atoms with Crippen molar-refractivity contribution in [3.8, 4) is 0 Å². The number of rotatable bonds is 6. The molecule has 2 aromatic rings. The van der Waals surface area contributed by atoms with Crippen LogP contribution in [0, 0.1) is 23.7 Å². The topological polar surface area (TPSA) is 95.5 Å². The fraction of sp³-hybridized carbons (Fsp3) is 0.375. The van der Waals surface area contributed by atoms with Crippen LogP contribution in [0.1, 0.15) is 39.2 Å². The molecule has 0 radical (unpaired) electrons. The van der Waals surface area contributed by atoms with Gasteiger partial charge >= 0.3 is 5.97 Å². The van der Waals surface area contributed by atoms with Gasteiger partial charge in [-0.1, -0.05) is 42.5 Å². The van der Waals surface area contributed by atoms with E-state index in [4.69, 9.17) is 0 Å². The zero-order valence-corrected chi connectivity index (χ0v) is 17.8. The molecule has 4 atom stereocenters. The number of hydrogen-bond donors (Lipinski definition) is 3. The minimum Gasteiger partial charge on any atom is -0.481 e. The number of aliphatic carboxylic acids is 1. The lowest BCUT2D eigenvalue weighted by molar-refractivity contribution is -0.146. The van der Waals surface area contributed by atoms with Gasteiger partial charge in [0, 0.05) is 11.4 Å². The van der Waals surface area contributed by atoms with Gasteiger partial charge in [0.05, 0.1) is 17.4 Å². The molecule has 0 unspecified atom stereocenters. The summed E-state index contributed by atoms with van der Waals surface area (Å²) in [6.07, 6.45) is 7.34. The van der Waals surface area contributed by atoms with Crippen LogP contribution in [0.4, 0.5) is 5.00 Å². The maximum absolute atomic E-state index is 13.2. The first kappa shape index (κ1) is 20.0. The van der Waals surface area contributed by atoms with Crippen LogP contribution in [0.15, 0.2) is 42.5 Å². The molecule has 31 heavy (non-hydrogen) atoms. The van der Waals surface area contributed by atoms with Crippen molar-refractivity contribution in [2.24, 2.45) is 23.7 Å².